The number of ketones is 1. The number of carboxylic acid groups (broad SMARTS) is 1. The molecule has 39 heavy (non-hydrogen) atoms. The van der Waals surface area contributed by atoms with Crippen molar-refractivity contribution in [3.8, 4) is 5.75 Å². The van der Waals surface area contributed by atoms with Gasteiger partial charge in [-0.05, 0) is 12.1 Å². The van der Waals surface area contributed by atoms with Gasteiger partial charge in [0, 0.05) is 6.07 Å². The number of benzene rings is 2. The lowest BCUT2D eigenvalue weighted by Crippen LogP contribution is -2.49. The highest BCUT2D eigenvalue weighted by atomic mass is 19.4. The Morgan fingerprint density at radius 3 is 2.08 bits per heavy atom. The summed E-state index contributed by atoms with van der Waals surface area (Å²) in [6.07, 6.45) is -5.98. The molecule has 0 aliphatic rings. The Labute approximate surface area is 213 Å². The van der Waals surface area contributed by atoms with Gasteiger partial charge in [-0.15, -0.1) is 0 Å². The lowest BCUT2D eigenvalue weighted by molar-refractivity contribution is -0.140. The Kier molecular flexibility index (Phi) is 9.94. The van der Waals surface area contributed by atoms with Crippen LogP contribution < -0.4 is 20.7 Å². The van der Waals surface area contributed by atoms with Gasteiger partial charge in [0.2, 0.25) is 17.5 Å². The minimum atomic E-state index is -4.87. The number of carboxylic acids is 1. The van der Waals surface area contributed by atoms with E-state index < -0.39 is 102 Å². The van der Waals surface area contributed by atoms with Crippen LogP contribution in [0.2, 0.25) is 0 Å². The molecule has 0 aliphatic carbocycles. The smallest absolute Gasteiger partial charge is 0.418 e. The number of rotatable bonds is 10. The molecule has 2 aromatic carbocycles. The minimum absolute atomic E-state index is 0.129. The van der Waals surface area contributed by atoms with Crippen LogP contribution in [0.1, 0.15) is 12.0 Å². The predicted octanol–water partition coefficient (Wildman–Crippen LogP) is 1.92. The van der Waals surface area contributed by atoms with Crippen molar-refractivity contribution < 1.29 is 64.5 Å². The Balaban J connectivity index is 1.99. The summed E-state index contributed by atoms with van der Waals surface area (Å²) in [4.78, 5) is 59.2. The molecule has 1 atom stereocenters. The van der Waals surface area contributed by atoms with Crippen molar-refractivity contribution in [1.29, 1.82) is 0 Å². The highest BCUT2D eigenvalue weighted by Crippen LogP contribution is 2.34. The van der Waals surface area contributed by atoms with Gasteiger partial charge >= 0.3 is 24.0 Å². The summed E-state index contributed by atoms with van der Waals surface area (Å²) in [6.45, 7) is -2.43. The first kappa shape index (κ1) is 30.5. The molecule has 0 aromatic heterocycles. The number of carbonyl (C=O) groups excluding carboxylic acids is 4. The maximum atomic E-state index is 13.7. The van der Waals surface area contributed by atoms with Gasteiger partial charge in [0.05, 0.1) is 24.2 Å². The summed E-state index contributed by atoms with van der Waals surface area (Å²) in [5, 5.41) is 14.2. The molecule has 1 unspecified atom stereocenters. The molecular formula is C22H16F7N3O7. The minimum Gasteiger partial charge on any atom is -0.481 e. The normalized spacial score (nSPS) is 11.8. The quantitative estimate of drug-likeness (QED) is 0.195. The van der Waals surface area contributed by atoms with Crippen molar-refractivity contribution in [3.05, 3.63) is 59.2 Å². The number of nitrogens with one attached hydrogen (secondary N) is 3. The van der Waals surface area contributed by atoms with Crippen LogP contribution in [0.3, 0.4) is 0 Å². The molecule has 3 amide bonds. The van der Waals surface area contributed by atoms with E-state index in [9.17, 15) is 54.7 Å². The summed E-state index contributed by atoms with van der Waals surface area (Å²) < 4.78 is 97.3. The van der Waals surface area contributed by atoms with E-state index in [1.807, 2.05) is 5.32 Å². The van der Waals surface area contributed by atoms with E-state index in [2.05, 4.69) is 4.74 Å². The summed E-state index contributed by atoms with van der Waals surface area (Å²) in [5.74, 6) is -16.7. The zero-order valence-corrected chi connectivity index (χ0v) is 19.1. The Bertz CT molecular complexity index is 1280. The maximum Gasteiger partial charge on any atom is 0.418 e. The average molecular weight is 567 g/mol. The maximum absolute atomic E-state index is 13.7. The number of Topliss-reactive ketones (excluding diaryl/α,β-unsaturated/α-hetero) is 1. The summed E-state index contributed by atoms with van der Waals surface area (Å²) in [7, 11) is 0. The standard InChI is InChI=1S/C22H16F7N3O7/c23-10-5-11(24)18(26)19(17(10)25)39-8-14(33)13(6-16(35)36)31-15(34)7-30-20(37)21(38)32-12-4-2-1-3-9(12)22(27,28)29/h1-5,13H,6-8H2,(H,30,37)(H,31,34)(H,32,38)(H,35,36). The van der Waals surface area contributed by atoms with E-state index in [0.717, 1.165) is 18.2 Å². The number of amides is 3. The number of ether oxygens (including phenoxy) is 1. The zero-order valence-electron chi connectivity index (χ0n) is 19.1. The first-order valence-corrected chi connectivity index (χ1v) is 10.4. The third kappa shape index (κ3) is 8.41. The summed E-state index contributed by atoms with van der Waals surface area (Å²) in [6, 6.07) is 1.61. The fourth-order valence-electron chi connectivity index (χ4n) is 2.85. The number of carbonyl (C=O) groups is 5. The van der Waals surface area contributed by atoms with Crippen molar-refractivity contribution in [2.75, 3.05) is 18.5 Å². The van der Waals surface area contributed by atoms with E-state index in [4.69, 9.17) is 5.11 Å². The number of alkyl halides is 3. The molecular weight excluding hydrogens is 551 g/mol. The molecule has 0 saturated heterocycles. The van der Waals surface area contributed by atoms with Crippen molar-refractivity contribution >= 4 is 35.2 Å². The van der Waals surface area contributed by atoms with Gasteiger partial charge < -0.3 is 25.8 Å². The number of aliphatic carboxylic acids is 1. The highest BCUT2D eigenvalue weighted by Gasteiger charge is 2.34. The van der Waals surface area contributed by atoms with Gasteiger partial charge in [0.1, 0.15) is 12.6 Å². The zero-order chi connectivity index (χ0) is 29.5. The predicted molar refractivity (Wildman–Crippen MR) is 114 cm³/mol. The van der Waals surface area contributed by atoms with Gasteiger partial charge in [0.25, 0.3) is 0 Å². The van der Waals surface area contributed by atoms with Crippen LogP contribution in [0.5, 0.6) is 5.75 Å². The van der Waals surface area contributed by atoms with Gasteiger partial charge in [-0.25, -0.2) is 8.78 Å². The lowest BCUT2D eigenvalue weighted by Gasteiger charge is -2.17. The van der Waals surface area contributed by atoms with Crippen LogP contribution >= 0.6 is 0 Å². The number of hydrogen-bond donors (Lipinski definition) is 4. The molecule has 0 radical (unpaired) electrons. The Morgan fingerprint density at radius 2 is 1.51 bits per heavy atom. The first-order chi connectivity index (χ1) is 18.1. The number of hydrogen-bond acceptors (Lipinski definition) is 6. The molecule has 17 heteroatoms. The Hall–Kier alpha value is -4.70. The molecule has 0 heterocycles. The molecule has 0 fully saturated rings. The number of halogens is 7. The molecule has 4 N–H and O–H groups in total. The van der Waals surface area contributed by atoms with E-state index >= 15 is 0 Å². The van der Waals surface area contributed by atoms with Gasteiger partial charge in [0.15, 0.2) is 23.2 Å². The molecule has 10 nitrogen and oxygen atoms in total. The van der Waals surface area contributed by atoms with Crippen molar-refractivity contribution in [2.24, 2.45) is 0 Å². The molecule has 0 aliphatic heterocycles. The van der Waals surface area contributed by atoms with Crippen LogP contribution in [0, 0.1) is 23.3 Å². The summed E-state index contributed by atoms with van der Waals surface area (Å²) in [5.41, 5.74) is -2.02. The van der Waals surface area contributed by atoms with E-state index in [1.54, 1.807) is 10.6 Å². The third-order valence-electron chi connectivity index (χ3n) is 4.63. The van der Waals surface area contributed by atoms with E-state index in [1.165, 1.54) is 0 Å². The topological polar surface area (TPSA) is 151 Å². The van der Waals surface area contributed by atoms with Gasteiger partial charge in [-0.1, -0.05) is 12.1 Å². The van der Waals surface area contributed by atoms with E-state index in [-0.39, 0.29) is 6.07 Å². The van der Waals surface area contributed by atoms with Gasteiger partial charge in [-0.2, -0.15) is 22.0 Å². The summed E-state index contributed by atoms with van der Waals surface area (Å²) >= 11 is 0. The van der Waals surface area contributed by atoms with Crippen LogP contribution in [0.15, 0.2) is 30.3 Å². The van der Waals surface area contributed by atoms with E-state index in [0.29, 0.717) is 6.07 Å². The number of anilines is 1. The number of para-hydroxylation sites is 1. The highest BCUT2D eigenvalue weighted by molar-refractivity contribution is 6.40. The molecule has 2 aromatic rings. The largest absolute Gasteiger partial charge is 0.481 e. The van der Waals surface area contributed by atoms with Crippen LogP contribution in [-0.2, 0) is 30.1 Å². The molecule has 0 saturated carbocycles. The SMILES string of the molecule is O=C(O)CC(NC(=O)CNC(=O)C(=O)Nc1ccccc1C(F)(F)F)C(=O)COc1c(F)c(F)cc(F)c1F. The van der Waals surface area contributed by atoms with Crippen LogP contribution in [-0.4, -0.2) is 53.8 Å². The monoisotopic (exact) mass is 567 g/mol. The van der Waals surface area contributed by atoms with Crippen molar-refractivity contribution in [2.45, 2.75) is 18.6 Å². The first-order valence-electron chi connectivity index (χ1n) is 10.4. The average Bonchev–Trinajstić information content (AvgIpc) is 2.84. The lowest BCUT2D eigenvalue weighted by atomic mass is 10.1. The fraction of sp³-hybridized carbons (Fsp3) is 0.227. The van der Waals surface area contributed by atoms with Crippen molar-refractivity contribution in [1.82, 2.24) is 10.6 Å². The third-order valence-corrected chi connectivity index (χ3v) is 4.63. The molecule has 0 spiro atoms. The Morgan fingerprint density at radius 1 is 0.923 bits per heavy atom. The second-order valence-electron chi connectivity index (χ2n) is 7.45. The molecule has 2 rings (SSSR count). The van der Waals surface area contributed by atoms with Crippen molar-refractivity contribution in [3.63, 3.8) is 0 Å². The van der Waals surface area contributed by atoms with Crippen LogP contribution in [0.25, 0.3) is 0 Å². The second kappa shape index (κ2) is 12.7. The van der Waals surface area contributed by atoms with Gasteiger partial charge in [-0.3, -0.25) is 24.0 Å². The molecule has 0 bridgehead atoms. The second-order valence-corrected chi connectivity index (χ2v) is 7.45. The van der Waals surface area contributed by atoms with Crippen LogP contribution in [0.4, 0.5) is 36.4 Å². The molecule has 210 valence electrons. The fourth-order valence-corrected chi connectivity index (χ4v) is 2.85.